The van der Waals surface area contributed by atoms with Gasteiger partial charge < -0.3 is 9.64 Å². The molecule has 0 aromatic heterocycles. The highest BCUT2D eigenvalue weighted by molar-refractivity contribution is 5.85. The van der Waals surface area contributed by atoms with Gasteiger partial charge in [-0.25, -0.2) is 0 Å². The maximum Gasteiger partial charge on any atom is 0.119 e. The molecule has 0 unspecified atom stereocenters. The Morgan fingerprint density at radius 3 is 2.36 bits per heavy atom. The van der Waals surface area contributed by atoms with Crippen molar-refractivity contribution in [2.24, 2.45) is 0 Å². The Bertz CT molecular complexity index is 641. The molecule has 2 aromatic rings. The molecule has 0 saturated carbocycles. The standard InChI is InChI=1S/C19H21NO.ClH/c1-20(2)14-13-18-15-19(21-3)12-11-17(18)10-9-16-7-5-4-6-8-16;/h4-8,11-12,15H,13-14H2,1-3H3;1H. The number of methoxy groups -OCH3 is 1. The molecule has 22 heavy (non-hydrogen) atoms. The van der Waals surface area contributed by atoms with Gasteiger partial charge in [0, 0.05) is 17.7 Å². The van der Waals surface area contributed by atoms with Gasteiger partial charge in [0.25, 0.3) is 0 Å². The molecule has 0 amide bonds. The van der Waals surface area contributed by atoms with E-state index in [4.69, 9.17) is 4.74 Å². The van der Waals surface area contributed by atoms with Crippen molar-refractivity contribution in [3.05, 3.63) is 65.2 Å². The van der Waals surface area contributed by atoms with Crippen molar-refractivity contribution >= 4 is 12.4 Å². The van der Waals surface area contributed by atoms with E-state index >= 15 is 0 Å². The minimum atomic E-state index is 0. The summed E-state index contributed by atoms with van der Waals surface area (Å²) in [5, 5.41) is 0. The van der Waals surface area contributed by atoms with Crippen LogP contribution in [-0.4, -0.2) is 32.6 Å². The second kappa shape index (κ2) is 9.15. The summed E-state index contributed by atoms with van der Waals surface area (Å²) in [7, 11) is 5.85. The van der Waals surface area contributed by atoms with Gasteiger partial charge >= 0.3 is 0 Å². The smallest absolute Gasteiger partial charge is 0.119 e. The highest BCUT2D eigenvalue weighted by Gasteiger charge is 2.03. The quantitative estimate of drug-likeness (QED) is 0.799. The highest BCUT2D eigenvalue weighted by atomic mass is 35.5. The van der Waals surface area contributed by atoms with E-state index in [1.807, 2.05) is 42.5 Å². The van der Waals surface area contributed by atoms with Crippen molar-refractivity contribution in [1.29, 1.82) is 0 Å². The monoisotopic (exact) mass is 315 g/mol. The van der Waals surface area contributed by atoms with E-state index in [-0.39, 0.29) is 12.4 Å². The first-order valence-electron chi connectivity index (χ1n) is 7.08. The van der Waals surface area contributed by atoms with E-state index in [1.54, 1.807) is 7.11 Å². The lowest BCUT2D eigenvalue weighted by molar-refractivity contribution is 0.407. The minimum absolute atomic E-state index is 0. The topological polar surface area (TPSA) is 12.5 Å². The van der Waals surface area contributed by atoms with E-state index < -0.39 is 0 Å². The first kappa shape index (κ1) is 18.1. The van der Waals surface area contributed by atoms with Crippen molar-refractivity contribution in [2.45, 2.75) is 6.42 Å². The molecular weight excluding hydrogens is 294 g/mol. The Morgan fingerprint density at radius 1 is 1.00 bits per heavy atom. The highest BCUT2D eigenvalue weighted by Crippen LogP contribution is 2.18. The molecule has 0 fully saturated rings. The Hall–Kier alpha value is -1.95. The fourth-order valence-corrected chi connectivity index (χ4v) is 2.03. The van der Waals surface area contributed by atoms with Crippen LogP contribution in [0.25, 0.3) is 0 Å². The van der Waals surface area contributed by atoms with Crippen molar-refractivity contribution in [3.63, 3.8) is 0 Å². The SMILES string of the molecule is COc1ccc(C#Cc2ccccc2)c(CCN(C)C)c1.Cl. The lowest BCUT2D eigenvalue weighted by Gasteiger charge is -2.11. The summed E-state index contributed by atoms with van der Waals surface area (Å²) >= 11 is 0. The second-order valence-electron chi connectivity index (χ2n) is 5.19. The Balaban J connectivity index is 0.00000242. The van der Waals surface area contributed by atoms with Crippen molar-refractivity contribution in [3.8, 4) is 17.6 Å². The van der Waals surface area contributed by atoms with Crippen LogP contribution in [0.3, 0.4) is 0 Å². The minimum Gasteiger partial charge on any atom is -0.497 e. The van der Waals surface area contributed by atoms with Crippen LogP contribution in [0.15, 0.2) is 48.5 Å². The van der Waals surface area contributed by atoms with E-state index in [2.05, 4.69) is 36.9 Å². The summed E-state index contributed by atoms with van der Waals surface area (Å²) in [6.45, 7) is 0.993. The molecule has 0 spiro atoms. The number of hydrogen-bond donors (Lipinski definition) is 0. The number of nitrogens with zero attached hydrogens (tertiary/aromatic N) is 1. The molecule has 2 rings (SSSR count). The second-order valence-corrected chi connectivity index (χ2v) is 5.19. The van der Waals surface area contributed by atoms with Crippen molar-refractivity contribution in [2.75, 3.05) is 27.7 Å². The molecule has 0 heterocycles. The zero-order valence-electron chi connectivity index (χ0n) is 13.3. The lowest BCUT2D eigenvalue weighted by Crippen LogP contribution is -2.15. The molecule has 2 aromatic carbocycles. The average molecular weight is 316 g/mol. The third-order valence-corrected chi connectivity index (χ3v) is 3.26. The molecular formula is C19H22ClNO. The van der Waals surface area contributed by atoms with Gasteiger partial charge in [-0.1, -0.05) is 30.0 Å². The normalized spacial score (nSPS) is 9.64. The van der Waals surface area contributed by atoms with E-state index in [1.165, 1.54) is 5.56 Å². The predicted octanol–water partition coefficient (Wildman–Crippen LogP) is 3.62. The van der Waals surface area contributed by atoms with Crippen LogP contribution in [0.1, 0.15) is 16.7 Å². The Labute approximate surface area is 139 Å². The number of ether oxygens (including phenoxy) is 1. The molecule has 0 saturated heterocycles. The van der Waals surface area contributed by atoms with Crippen LogP contribution in [0.2, 0.25) is 0 Å². The molecule has 116 valence electrons. The number of likely N-dealkylation sites (N-methyl/N-ethyl adjacent to an activating group) is 1. The van der Waals surface area contributed by atoms with Crippen molar-refractivity contribution < 1.29 is 4.74 Å². The summed E-state index contributed by atoms with van der Waals surface area (Å²) < 4.78 is 5.32. The van der Waals surface area contributed by atoms with Gasteiger partial charge in [-0.3, -0.25) is 0 Å². The average Bonchev–Trinajstić information content (AvgIpc) is 2.52. The van der Waals surface area contributed by atoms with Crippen LogP contribution in [0.4, 0.5) is 0 Å². The molecule has 0 radical (unpaired) electrons. The lowest BCUT2D eigenvalue weighted by atomic mass is 10.0. The maximum absolute atomic E-state index is 5.32. The van der Waals surface area contributed by atoms with Crippen LogP contribution < -0.4 is 4.74 Å². The first-order valence-corrected chi connectivity index (χ1v) is 7.08. The zero-order valence-corrected chi connectivity index (χ0v) is 14.1. The van der Waals surface area contributed by atoms with Crippen LogP contribution >= 0.6 is 12.4 Å². The summed E-state index contributed by atoms with van der Waals surface area (Å²) in [5.41, 5.74) is 3.33. The predicted molar refractivity (Wildman–Crippen MR) is 94.9 cm³/mol. The number of hydrogen-bond acceptors (Lipinski definition) is 2. The van der Waals surface area contributed by atoms with Gasteiger partial charge in [0.1, 0.15) is 5.75 Å². The summed E-state index contributed by atoms with van der Waals surface area (Å²) in [5.74, 6) is 7.39. The molecule has 0 aliphatic rings. The fraction of sp³-hybridized carbons (Fsp3) is 0.263. The van der Waals surface area contributed by atoms with Gasteiger partial charge in [0.2, 0.25) is 0 Å². The van der Waals surface area contributed by atoms with E-state index in [9.17, 15) is 0 Å². The van der Waals surface area contributed by atoms with Crippen LogP contribution in [0, 0.1) is 11.8 Å². The number of rotatable bonds is 4. The Kier molecular flexibility index (Phi) is 7.52. The van der Waals surface area contributed by atoms with Crippen LogP contribution in [-0.2, 0) is 6.42 Å². The largest absolute Gasteiger partial charge is 0.497 e. The van der Waals surface area contributed by atoms with Crippen LogP contribution in [0.5, 0.6) is 5.75 Å². The summed E-state index contributed by atoms with van der Waals surface area (Å²) in [6, 6.07) is 16.1. The van der Waals surface area contributed by atoms with E-state index in [0.29, 0.717) is 0 Å². The molecule has 2 nitrogen and oxygen atoms in total. The van der Waals surface area contributed by atoms with Gasteiger partial charge in [-0.15, -0.1) is 12.4 Å². The van der Waals surface area contributed by atoms with Gasteiger partial charge in [-0.05, 0) is 56.4 Å². The Morgan fingerprint density at radius 2 is 1.73 bits per heavy atom. The molecule has 3 heteroatoms. The molecule has 0 atom stereocenters. The summed E-state index contributed by atoms with van der Waals surface area (Å²) in [6.07, 6.45) is 0.961. The zero-order chi connectivity index (χ0) is 15.1. The van der Waals surface area contributed by atoms with Gasteiger partial charge in [0.15, 0.2) is 0 Å². The third-order valence-electron chi connectivity index (χ3n) is 3.26. The van der Waals surface area contributed by atoms with Crippen molar-refractivity contribution in [1.82, 2.24) is 4.90 Å². The maximum atomic E-state index is 5.32. The third kappa shape index (κ3) is 5.44. The van der Waals surface area contributed by atoms with E-state index in [0.717, 1.165) is 29.8 Å². The fourth-order valence-electron chi connectivity index (χ4n) is 2.03. The first-order chi connectivity index (χ1) is 10.2. The molecule has 0 bridgehead atoms. The number of halogens is 1. The summed E-state index contributed by atoms with van der Waals surface area (Å²) in [4.78, 5) is 2.17. The number of benzene rings is 2. The molecule has 0 aliphatic carbocycles. The molecule has 0 aliphatic heterocycles. The van der Waals surface area contributed by atoms with Gasteiger partial charge in [-0.2, -0.15) is 0 Å². The molecule has 0 N–H and O–H groups in total. The van der Waals surface area contributed by atoms with Gasteiger partial charge in [0.05, 0.1) is 7.11 Å².